The van der Waals surface area contributed by atoms with Crippen molar-refractivity contribution in [3.8, 4) is 0 Å². The third-order valence-corrected chi connectivity index (χ3v) is 4.38. The van der Waals surface area contributed by atoms with Crippen LogP contribution in [0.1, 0.15) is 40.0 Å². The molecule has 0 aliphatic heterocycles. The lowest BCUT2D eigenvalue weighted by atomic mass is 9.47. The van der Waals surface area contributed by atoms with Gasteiger partial charge in [0.15, 0.2) is 0 Å². The highest BCUT2D eigenvalue weighted by atomic mass is 16.4. The number of Topliss-reactive ketones (excluding diaryl/α,β-unsaturated/α-hetero) is 1. The van der Waals surface area contributed by atoms with Crippen LogP contribution in [0.4, 0.5) is 0 Å². The number of carbonyl (C=O) groups is 2. The monoisotopic (exact) mass is 210 g/mol. The van der Waals surface area contributed by atoms with E-state index in [4.69, 9.17) is 0 Å². The predicted molar refractivity (Wildman–Crippen MR) is 55.4 cm³/mol. The van der Waals surface area contributed by atoms with E-state index in [0.717, 1.165) is 6.42 Å². The minimum Gasteiger partial charge on any atom is -0.481 e. The van der Waals surface area contributed by atoms with Gasteiger partial charge in [-0.1, -0.05) is 20.8 Å². The van der Waals surface area contributed by atoms with Gasteiger partial charge in [0.05, 0.1) is 5.92 Å². The third kappa shape index (κ3) is 1.40. The van der Waals surface area contributed by atoms with Gasteiger partial charge in [-0.25, -0.2) is 0 Å². The summed E-state index contributed by atoms with van der Waals surface area (Å²) in [6.07, 6.45) is 1.85. The van der Waals surface area contributed by atoms with Crippen LogP contribution in [0.2, 0.25) is 0 Å². The Hall–Kier alpha value is -0.860. The molecule has 0 radical (unpaired) electrons. The van der Waals surface area contributed by atoms with Crippen LogP contribution in [-0.2, 0) is 9.59 Å². The first-order valence-corrected chi connectivity index (χ1v) is 5.52. The minimum absolute atomic E-state index is 0.0178. The van der Waals surface area contributed by atoms with Crippen LogP contribution in [0, 0.1) is 22.7 Å². The molecule has 3 aliphatic rings. The molecule has 0 aromatic heterocycles. The molecule has 3 aliphatic carbocycles. The zero-order chi connectivity index (χ0) is 11.4. The van der Waals surface area contributed by atoms with Crippen molar-refractivity contribution < 1.29 is 14.7 Å². The Morgan fingerprint density at radius 1 is 1.40 bits per heavy atom. The van der Waals surface area contributed by atoms with Gasteiger partial charge in [0.2, 0.25) is 0 Å². The van der Waals surface area contributed by atoms with E-state index in [-0.39, 0.29) is 28.4 Å². The summed E-state index contributed by atoms with van der Waals surface area (Å²) in [4.78, 5) is 23.0. The number of fused-ring (bicyclic) bond motifs is 3. The molecule has 3 rings (SSSR count). The molecule has 0 saturated heterocycles. The predicted octanol–water partition coefficient (Wildman–Crippen LogP) is 2.10. The van der Waals surface area contributed by atoms with Crippen LogP contribution in [0.15, 0.2) is 0 Å². The highest BCUT2D eigenvalue weighted by Crippen LogP contribution is 2.59. The molecular weight excluding hydrogens is 192 g/mol. The first-order valence-electron chi connectivity index (χ1n) is 5.52. The normalized spacial score (nSPS) is 43.0. The van der Waals surface area contributed by atoms with Crippen LogP contribution in [0.3, 0.4) is 0 Å². The average molecular weight is 210 g/mol. The first-order chi connectivity index (χ1) is 6.76. The molecule has 84 valence electrons. The summed E-state index contributed by atoms with van der Waals surface area (Å²) < 4.78 is 0. The van der Waals surface area contributed by atoms with Crippen molar-refractivity contribution in [2.75, 3.05) is 0 Å². The fourth-order valence-corrected chi connectivity index (χ4v) is 3.80. The molecule has 0 aromatic carbocycles. The van der Waals surface area contributed by atoms with Crippen molar-refractivity contribution in [1.29, 1.82) is 0 Å². The second-order valence-electron chi connectivity index (χ2n) is 6.14. The molecule has 3 nitrogen and oxygen atoms in total. The molecule has 0 unspecified atom stereocenters. The number of aliphatic carboxylic acids is 1. The van der Waals surface area contributed by atoms with Crippen molar-refractivity contribution in [2.45, 2.75) is 40.0 Å². The van der Waals surface area contributed by atoms with Crippen molar-refractivity contribution in [1.82, 2.24) is 0 Å². The summed E-state index contributed by atoms with van der Waals surface area (Å²) in [6, 6.07) is 0. The van der Waals surface area contributed by atoms with Crippen molar-refractivity contribution in [2.24, 2.45) is 22.7 Å². The van der Waals surface area contributed by atoms with Gasteiger partial charge in [0.1, 0.15) is 5.78 Å². The average Bonchev–Trinajstić information content (AvgIpc) is 1.97. The molecule has 0 heterocycles. The zero-order valence-corrected chi connectivity index (χ0v) is 9.54. The van der Waals surface area contributed by atoms with E-state index in [0.29, 0.717) is 12.8 Å². The largest absolute Gasteiger partial charge is 0.481 e. The molecule has 3 fully saturated rings. The molecule has 0 aromatic rings. The van der Waals surface area contributed by atoms with Crippen molar-refractivity contribution in [3.63, 3.8) is 0 Å². The summed E-state index contributed by atoms with van der Waals surface area (Å²) in [6.45, 7) is 6.14. The van der Waals surface area contributed by atoms with Gasteiger partial charge in [-0.15, -0.1) is 0 Å². The number of hydrogen-bond acceptors (Lipinski definition) is 2. The van der Waals surface area contributed by atoms with Gasteiger partial charge in [-0.2, -0.15) is 0 Å². The van der Waals surface area contributed by atoms with Gasteiger partial charge in [-0.3, -0.25) is 9.59 Å². The second-order valence-corrected chi connectivity index (χ2v) is 6.14. The number of carboxylic acids is 1. The molecule has 3 heteroatoms. The maximum absolute atomic E-state index is 11.9. The number of ketones is 1. The van der Waals surface area contributed by atoms with Gasteiger partial charge in [-0.05, 0) is 23.7 Å². The van der Waals surface area contributed by atoms with Gasteiger partial charge in [0, 0.05) is 12.3 Å². The van der Waals surface area contributed by atoms with Gasteiger partial charge >= 0.3 is 5.97 Å². The van der Waals surface area contributed by atoms with E-state index >= 15 is 0 Å². The summed E-state index contributed by atoms with van der Waals surface area (Å²) in [5, 5.41) is 9.17. The number of carboxylic acid groups (broad SMARTS) is 1. The Bertz CT molecular complexity index is 332. The van der Waals surface area contributed by atoms with E-state index in [1.807, 2.05) is 6.92 Å². The fraction of sp³-hybridized carbons (Fsp3) is 0.833. The van der Waals surface area contributed by atoms with Crippen LogP contribution in [-0.4, -0.2) is 16.9 Å². The SMILES string of the molecule is CC1(C)C[C@]2(C)CC(=O)[C@H]1C[C@H]2C(=O)O. The molecule has 15 heavy (non-hydrogen) atoms. The standard InChI is InChI=1S/C12H18O3/c1-11(2)6-12(3)5-9(13)7(11)4-8(12)10(14)15/h7-8H,4-6H2,1-3H3,(H,14,15)/t7-,8+,12+/m1/s1. The molecule has 3 saturated carbocycles. The van der Waals surface area contributed by atoms with Crippen LogP contribution >= 0.6 is 0 Å². The molecular formula is C12H18O3. The maximum Gasteiger partial charge on any atom is 0.307 e. The quantitative estimate of drug-likeness (QED) is 0.721. The van der Waals surface area contributed by atoms with Crippen molar-refractivity contribution >= 4 is 11.8 Å². The molecule has 2 bridgehead atoms. The number of rotatable bonds is 1. The highest BCUT2D eigenvalue weighted by Gasteiger charge is 2.58. The molecule has 1 N–H and O–H groups in total. The lowest BCUT2D eigenvalue weighted by Crippen LogP contribution is -2.55. The Kier molecular flexibility index (Phi) is 2.01. The zero-order valence-electron chi connectivity index (χ0n) is 9.54. The lowest BCUT2D eigenvalue weighted by Gasteiger charge is -2.55. The Labute approximate surface area is 89.9 Å². The summed E-state index contributed by atoms with van der Waals surface area (Å²) in [7, 11) is 0. The fourth-order valence-electron chi connectivity index (χ4n) is 3.80. The van der Waals surface area contributed by atoms with Crippen LogP contribution in [0.5, 0.6) is 0 Å². The number of hydrogen-bond donors (Lipinski definition) is 1. The maximum atomic E-state index is 11.9. The third-order valence-electron chi connectivity index (χ3n) is 4.38. The van der Waals surface area contributed by atoms with E-state index in [1.54, 1.807) is 0 Å². The molecule has 0 spiro atoms. The van der Waals surface area contributed by atoms with Crippen LogP contribution < -0.4 is 0 Å². The van der Waals surface area contributed by atoms with Gasteiger partial charge < -0.3 is 5.11 Å². The molecule has 3 atom stereocenters. The Balaban J connectivity index is 2.38. The Morgan fingerprint density at radius 2 is 2.00 bits per heavy atom. The van der Waals surface area contributed by atoms with E-state index < -0.39 is 5.97 Å². The van der Waals surface area contributed by atoms with Gasteiger partial charge in [0.25, 0.3) is 0 Å². The van der Waals surface area contributed by atoms with E-state index in [2.05, 4.69) is 13.8 Å². The second kappa shape index (κ2) is 2.83. The summed E-state index contributed by atoms with van der Waals surface area (Å²) in [5.74, 6) is -0.828. The number of carbonyl (C=O) groups excluding carboxylic acids is 1. The lowest BCUT2D eigenvalue weighted by molar-refractivity contribution is -0.166. The summed E-state index contributed by atoms with van der Waals surface area (Å²) in [5.41, 5.74) is -0.336. The topological polar surface area (TPSA) is 54.4 Å². The Morgan fingerprint density at radius 3 is 2.40 bits per heavy atom. The summed E-state index contributed by atoms with van der Waals surface area (Å²) >= 11 is 0. The van der Waals surface area contributed by atoms with Crippen molar-refractivity contribution in [3.05, 3.63) is 0 Å². The van der Waals surface area contributed by atoms with E-state index in [1.165, 1.54) is 0 Å². The van der Waals surface area contributed by atoms with Crippen LogP contribution in [0.25, 0.3) is 0 Å². The first kappa shape index (κ1) is 10.7. The highest BCUT2D eigenvalue weighted by molar-refractivity contribution is 5.87. The van der Waals surface area contributed by atoms with E-state index in [9.17, 15) is 14.7 Å². The minimum atomic E-state index is -0.731. The smallest absolute Gasteiger partial charge is 0.307 e. The molecule has 0 amide bonds.